The molecule has 1 atom stereocenters. The molecule has 2 aromatic carbocycles. The van der Waals surface area contributed by atoms with Crippen LogP contribution in [0.3, 0.4) is 0 Å². The van der Waals surface area contributed by atoms with Gasteiger partial charge in [-0.15, -0.1) is 0 Å². The molecule has 0 radical (unpaired) electrons. The molecule has 190 valence electrons. The Morgan fingerprint density at radius 3 is 2.70 bits per heavy atom. The van der Waals surface area contributed by atoms with Crippen molar-refractivity contribution in [1.82, 2.24) is 10.3 Å². The number of hydrogen-bond donors (Lipinski definition) is 2. The lowest BCUT2D eigenvalue weighted by Crippen LogP contribution is -2.56. The average molecular weight is 495 g/mol. The van der Waals surface area contributed by atoms with E-state index in [0.717, 1.165) is 84.2 Å². The van der Waals surface area contributed by atoms with E-state index in [2.05, 4.69) is 54.2 Å². The van der Waals surface area contributed by atoms with Gasteiger partial charge in [-0.05, 0) is 54.7 Å². The zero-order valence-corrected chi connectivity index (χ0v) is 21.9. The fraction of sp³-hybridized carbons (Fsp3) is 0.452. The highest BCUT2D eigenvalue weighted by molar-refractivity contribution is 6.20. The van der Waals surface area contributed by atoms with Crippen LogP contribution < -0.4 is 10.2 Å². The van der Waals surface area contributed by atoms with E-state index in [9.17, 15) is 14.9 Å². The van der Waals surface area contributed by atoms with Gasteiger partial charge in [0.1, 0.15) is 6.04 Å². The quantitative estimate of drug-likeness (QED) is 0.532. The number of nitrogens with one attached hydrogen (secondary N) is 2. The Balaban J connectivity index is 1.48. The normalized spacial score (nSPS) is 21.1. The molecule has 3 aliphatic rings. The Morgan fingerprint density at radius 1 is 1.19 bits per heavy atom. The van der Waals surface area contributed by atoms with Crippen LogP contribution in [0.4, 0.5) is 5.69 Å². The molecule has 0 bridgehead atoms. The first-order valence-electron chi connectivity index (χ1n) is 13.6. The van der Waals surface area contributed by atoms with E-state index in [4.69, 9.17) is 0 Å². The van der Waals surface area contributed by atoms with Gasteiger partial charge in [0.2, 0.25) is 0 Å². The number of ketones is 2. The third-order valence-electron chi connectivity index (χ3n) is 8.94. The monoisotopic (exact) mass is 494 g/mol. The number of nitriles is 1. The lowest BCUT2D eigenvalue weighted by atomic mass is 9.70. The molecule has 6 heteroatoms. The number of carbonyl (C=O) groups excluding carboxylic acids is 2. The van der Waals surface area contributed by atoms with Crippen LogP contribution in [0.2, 0.25) is 0 Å². The van der Waals surface area contributed by atoms with E-state index < -0.39 is 5.41 Å². The molecule has 37 heavy (non-hydrogen) atoms. The minimum absolute atomic E-state index is 0.0282. The lowest BCUT2D eigenvalue weighted by molar-refractivity contribution is -0.124. The molecule has 3 aromatic rings. The Kier molecular flexibility index (Phi) is 5.72. The molecular formula is C31H34N4O2. The molecule has 1 saturated carbocycles. The molecule has 6 rings (SSSR count). The van der Waals surface area contributed by atoms with Crippen LogP contribution in [0.25, 0.3) is 10.9 Å². The van der Waals surface area contributed by atoms with Gasteiger partial charge < -0.3 is 15.2 Å². The van der Waals surface area contributed by atoms with Crippen LogP contribution in [-0.4, -0.2) is 42.2 Å². The van der Waals surface area contributed by atoms with Crippen molar-refractivity contribution in [1.29, 1.82) is 5.26 Å². The topological polar surface area (TPSA) is 89.0 Å². The lowest BCUT2D eigenvalue weighted by Gasteiger charge is -2.41. The van der Waals surface area contributed by atoms with Gasteiger partial charge in [-0.2, -0.15) is 5.26 Å². The standard InChI is InChI=1S/C31H34N4O2/c1-4-19-14-22-23(15-25(19)35-12-11-33-17-26(35)28(36)20-7-5-6-8-20)31(2,3)30-27(29(22)37)21-10-9-18(16-32)13-24(21)34-30/h9-10,13-15,20,26,33-34H,4-8,11-12,17H2,1-3H3. The molecule has 0 amide bonds. The number of aromatic nitrogens is 1. The van der Waals surface area contributed by atoms with E-state index >= 15 is 0 Å². The van der Waals surface area contributed by atoms with Crippen molar-refractivity contribution >= 4 is 28.2 Å². The number of H-pyrrole nitrogens is 1. The van der Waals surface area contributed by atoms with Crippen LogP contribution in [0.15, 0.2) is 30.3 Å². The predicted molar refractivity (Wildman–Crippen MR) is 145 cm³/mol. The average Bonchev–Trinajstić information content (AvgIpc) is 3.59. The first-order chi connectivity index (χ1) is 17.8. The molecule has 2 fully saturated rings. The Morgan fingerprint density at radius 2 is 1.97 bits per heavy atom. The summed E-state index contributed by atoms with van der Waals surface area (Å²) < 4.78 is 0. The zero-order valence-electron chi connectivity index (χ0n) is 21.9. The third-order valence-corrected chi connectivity index (χ3v) is 8.94. The second-order valence-electron chi connectivity index (χ2n) is 11.4. The van der Waals surface area contributed by atoms with Crippen LogP contribution in [-0.2, 0) is 16.6 Å². The van der Waals surface area contributed by atoms with Crippen molar-refractivity contribution in [2.45, 2.75) is 64.3 Å². The van der Waals surface area contributed by atoms with Crippen molar-refractivity contribution < 1.29 is 9.59 Å². The van der Waals surface area contributed by atoms with Gasteiger partial charge in [-0.3, -0.25) is 9.59 Å². The largest absolute Gasteiger partial charge is 0.359 e. The minimum atomic E-state index is -0.440. The molecule has 1 saturated heterocycles. The van der Waals surface area contributed by atoms with Gasteiger partial charge in [-0.1, -0.05) is 39.7 Å². The number of piperazine rings is 1. The van der Waals surface area contributed by atoms with E-state index in [1.165, 1.54) is 0 Å². The summed E-state index contributed by atoms with van der Waals surface area (Å²) in [4.78, 5) is 33.4. The molecular weight excluding hydrogens is 460 g/mol. The van der Waals surface area contributed by atoms with Gasteiger partial charge in [0, 0.05) is 58.8 Å². The fourth-order valence-electron chi connectivity index (χ4n) is 6.86. The van der Waals surface area contributed by atoms with E-state index in [0.29, 0.717) is 23.5 Å². The first kappa shape index (κ1) is 23.9. The summed E-state index contributed by atoms with van der Waals surface area (Å²) in [6.07, 6.45) is 5.10. The summed E-state index contributed by atoms with van der Waals surface area (Å²) >= 11 is 0. The van der Waals surface area contributed by atoms with E-state index in [-0.39, 0.29) is 17.7 Å². The minimum Gasteiger partial charge on any atom is -0.359 e. The van der Waals surface area contributed by atoms with E-state index in [1.54, 1.807) is 6.07 Å². The Bertz CT molecular complexity index is 1470. The maximum absolute atomic E-state index is 14.0. The summed E-state index contributed by atoms with van der Waals surface area (Å²) in [6, 6.07) is 11.8. The molecule has 1 aliphatic heterocycles. The summed E-state index contributed by atoms with van der Waals surface area (Å²) in [5.41, 5.74) is 6.50. The maximum atomic E-state index is 14.0. The highest BCUT2D eigenvalue weighted by Crippen LogP contribution is 2.46. The summed E-state index contributed by atoms with van der Waals surface area (Å²) in [7, 11) is 0. The number of Topliss-reactive ketones (excluding diaryl/α,β-unsaturated/α-hetero) is 1. The zero-order chi connectivity index (χ0) is 25.9. The van der Waals surface area contributed by atoms with E-state index in [1.807, 2.05) is 12.1 Å². The van der Waals surface area contributed by atoms with Gasteiger partial charge in [0.25, 0.3) is 0 Å². The Hall–Kier alpha value is -3.43. The molecule has 1 aromatic heterocycles. The number of aryl methyl sites for hydroxylation is 1. The van der Waals surface area contributed by atoms with Crippen molar-refractivity contribution in [3.05, 3.63) is 63.8 Å². The van der Waals surface area contributed by atoms with Crippen LogP contribution in [0.1, 0.15) is 84.8 Å². The van der Waals surface area contributed by atoms with Crippen LogP contribution in [0.5, 0.6) is 0 Å². The number of nitrogens with zero attached hydrogens (tertiary/aromatic N) is 2. The predicted octanol–water partition coefficient (Wildman–Crippen LogP) is 5.01. The van der Waals surface area contributed by atoms with Gasteiger partial charge in [-0.25, -0.2) is 0 Å². The molecule has 2 aliphatic carbocycles. The summed E-state index contributed by atoms with van der Waals surface area (Å²) in [5.74, 6) is 0.562. The molecule has 2 N–H and O–H groups in total. The third kappa shape index (κ3) is 3.63. The van der Waals surface area contributed by atoms with Crippen LogP contribution >= 0.6 is 0 Å². The second kappa shape index (κ2) is 8.85. The van der Waals surface area contributed by atoms with Crippen molar-refractivity contribution in [2.24, 2.45) is 5.92 Å². The molecule has 0 spiro atoms. The number of fused-ring (bicyclic) bond motifs is 4. The number of hydrogen-bond acceptors (Lipinski definition) is 5. The highest BCUT2D eigenvalue weighted by atomic mass is 16.1. The number of aromatic amines is 1. The van der Waals surface area contributed by atoms with Gasteiger partial charge >= 0.3 is 0 Å². The first-order valence-corrected chi connectivity index (χ1v) is 13.6. The van der Waals surface area contributed by atoms with Gasteiger partial charge in [0.15, 0.2) is 11.6 Å². The van der Waals surface area contributed by atoms with Crippen molar-refractivity contribution in [2.75, 3.05) is 24.5 Å². The van der Waals surface area contributed by atoms with Crippen molar-refractivity contribution in [3.8, 4) is 6.07 Å². The summed E-state index contributed by atoms with van der Waals surface area (Å²) in [6.45, 7) is 8.73. The van der Waals surface area contributed by atoms with Crippen molar-refractivity contribution in [3.63, 3.8) is 0 Å². The SMILES string of the molecule is CCc1cc2c(cc1N1CCNCC1C(=O)C1CCCC1)C(C)(C)c1[nH]c3cc(C#N)ccc3c1C2=O. The molecule has 1 unspecified atom stereocenters. The smallest absolute Gasteiger partial charge is 0.195 e. The molecule has 2 heterocycles. The Labute approximate surface area is 218 Å². The van der Waals surface area contributed by atoms with Gasteiger partial charge in [0.05, 0.1) is 17.2 Å². The van der Waals surface area contributed by atoms with Crippen LogP contribution in [0, 0.1) is 17.2 Å². The fourth-order valence-corrected chi connectivity index (χ4v) is 6.86. The number of benzene rings is 2. The number of carbonyl (C=O) groups is 2. The summed E-state index contributed by atoms with van der Waals surface area (Å²) in [5, 5.41) is 13.7. The number of anilines is 1. The number of rotatable bonds is 4. The second-order valence-corrected chi connectivity index (χ2v) is 11.4. The highest BCUT2D eigenvalue weighted by Gasteiger charge is 2.42. The molecule has 6 nitrogen and oxygen atoms in total. The maximum Gasteiger partial charge on any atom is 0.195 e.